The van der Waals surface area contributed by atoms with Gasteiger partial charge in [0, 0.05) is 0 Å². The van der Waals surface area contributed by atoms with E-state index in [4.69, 9.17) is 9.47 Å². The van der Waals surface area contributed by atoms with Gasteiger partial charge in [-0.05, 0) is 31.5 Å². The molecular weight excluding hydrogens is 354 g/mol. The SMILES string of the molecule is Cc1nc(NCC2COc3ccccc3O2)c2c(C)c(C(=O)O)sc2n1. The Morgan fingerprint density at radius 1 is 1.31 bits per heavy atom. The quantitative estimate of drug-likeness (QED) is 0.727. The molecule has 0 bridgehead atoms. The lowest BCUT2D eigenvalue weighted by Gasteiger charge is -2.26. The van der Waals surface area contributed by atoms with E-state index in [1.54, 1.807) is 13.8 Å². The lowest BCUT2D eigenvalue weighted by atomic mass is 10.2. The highest BCUT2D eigenvalue weighted by atomic mass is 32.1. The second kappa shape index (κ2) is 6.45. The van der Waals surface area contributed by atoms with E-state index in [2.05, 4.69) is 15.3 Å². The third kappa shape index (κ3) is 2.92. The molecular formula is C18H17N3O4S. The Hall–Kier alpha value is -2.87. The molecule has 134 valence electrons. The predicted molar refractivity (Wildman–Crippen MR) is 98.7 cm³/mol. The molecule has 0 amide bonds. The van der Waals surface area contributed by atoms with Gasteiger partial charge in [-0.25, -0.2) is 14.8 Å². The largest absolute Gasteiger partial charge is 0.486 e. The number of carboxylic acids is 1. The summed E-state index contributed by atoms with van der Waals surface area (Å²) in [5, 5.41) is 13.4. The number of carbonyl (C=O) groups is 1. The summed E-state index contributed by atoms with van der Waals surface area (Å²) in [6.07, 6.45) is -0.173. The van der Waals surface area contributed by atoms with Gasteiger partial charge < -0.3 is 19.9 Å². The maximum Gasteiger partial charge on any atom is 0.346 e. The fraction of sp³-hybridized carbons (Fsp3) is 0.278. The molecule has 4 rings (SSSR count). The van der Waals surface area contributed by atoms with Gasteiger partial charge in [0.15, 0.2) is 11.5 Å². The molecule has 0 fully saturated rings. The van der Waals surface area contributed by atoms with Crippen molar-refractivity contribution in [3.05, 3.63) is 40.5 Å². The highest BCUT2D eigenvalue weighted by Gasteiger charge is 2.23. The lowest BCUT2D eigenvalue weighted by molar-refractivity contribution is 0.0701. The number of rotatable bonds is 4. The minimum absolute atomic E-state index is 0.173. The number of hydrogen-bond acceptors (Lipinski definition) is 7. The van der Waals surface area contributed by atoms with Crippen LogP contribution in [0.4, 0.5) is 5.82 Å². The first-order valence-corrected chi connectivity index (χ1v) is 8.98. The summed E-state index contributed by atoms with van der Waals surface area (Å²) in [5.74, 6) is 1.72. The maximum absolute atomic E-state index is 11.4. The third-order valence-corrected chi connectivity index (χ3v) is 5.33. The topological polar surface area (TPSA) is 93.6 Å². The zero-order valence-corrected chi connectivity index (χ0v) is 15.1. The number of hydrogen-bond donors (Lipinski definition) is 2. The molecule has 0 saturated heterocycles. The van der Waals surface area contributed by atoms with Gasteiger partial charge in [-0.2, -0.15) is 0 Å². The number of anilines is 1. The van der Waals surface area contributed by atoms with Crippen LogP contribution in [0.5, 0.6) is 11.5 Å². The number of aromatic carboxylic acids is 1. The van der Waals surface area contributed by atoms with Gasteiger partial charge in [0.1, 0.15) is 34.1 Å². The molecule has 1 aliphatic heterocycles. The number of ether oxygens (including phenoxy) is 2. The summed E-state index contributed by atoms with van der Waals surface area (Å²) >= 11 is 1.17. The molecule has 0 aliphatic carbocycles. The van der Waals surface area contributed by atoms with Crippen molar-refractivity contribution in [2.24, 2.45) is 0 Å². The van der Waals surface area contributed by atoms with Crippen LogP contribution in [0.1, 0.15) is 21.1 Å². The van der Waals surface area contributed by atoms with Crippen molar-refractivity contribution in [1.82, 2.24) is 9.97 Å². The molecule has 2 N–H and O–H groups in total. The summed E-state index contributed by atoms with van der Waals surface area (Å²) in [6, 6.07) is 7.55. The van der Waals surface area contributed by atoms with Gasteiger partial charge in [0.05, 0.1) is 11.9 Å². The predicted octanol–water partition coefficient (Wildman–Crippen LogP) is 3.26. The van der Waals surface area contributed by atoms with E-state index >= 15 is 0 Å². The number of aryl methyl sites for hydroxylation is 2. The first kappa shape index (κ1) is 16.6. The molecule has 1 aromatic carbocycles. The van der Waals surface area contributed by atoms with Crippen molar-refractivity contribution >= 4 is 33.3 Å². The number of fused-ring (bicyclic) bond motifs is 2. The normalized spacial score (nSPS) is 15.8. The van der Waals surface area contributed by atoms with Gasteiger partial charge >= 0.3 is 5.97 Å². The lowest BCUT2D eigenvalue weighted by Crippen LogP contribution is -2.35. The van der Waals surface area contributed by atoms with Crippen molar-refractivity contribution in [1.29, 1.82) is 0 Å². The van der Waals surface area contributed by atoms with Gasteiger partial charge in [-0.1, -0.05) is 12.1 Å². The molecule has 7 nitrogen and oxygen atoms in total. The highest BCUT2D eigenvalue weighted by molar-refractivity contribution is 7.20. The van der Waals surface area contributed by atoms with Crippen molar-refractivity contribution in [3.8, 4) is 11.5 Å². The molecule has 0 spiro atoms. The first-order chi connectivity index (χ1) is 12.5. The Morgan fingerprint density at radius 3 is 2.85 bits per heavy atom. The van der Waals surface area contributed by atoms with Crippen molar-refractivity contribution in [2.75, 3.05) is 18.5 Å². The molecule has 1 aliphatic rings. The van der Waals surface area contributed by atoms with Gasteiger partial charge in [-0.3, -0.25) is 0 Å². The minimum atomic E-state index is -0.949. The number of thiophene rings is 1. The van der Waals surface area contributed by atoms with Crippen molar-refractivity contribution in [3.63, 3.8) is 0 Å². The van der Waals surface area contributed by atoms with E-state index in [-0.39, 0.29) is 11.0 Å². The Labute approximate surface area is 153 Å². The van der Waals surface area contributed by atoms with Crippen LogP contribution in [0, 0.1) is 13.8 Å². The Morgan fingerprint density at radius 2 is 2.08 bits per heavy atom. The van der Waals surface area contributed by atoms with E-state index < -0.39 is 5.97 Å². The number of nitrogens with zero attached hydrogens (tertiary/aromatic N) is 2. The van der Waals surface area contributed by atoms with E-state index in [0.29, 0.717) is 35.2 Å². The molecule has 26 heavy (non-hydrogen) atoms. The average Bonchev–Trinajstić information content (AvgIpc) is 2.96. The van der Waals surface area contributed by atoms with Crippen LogP contribution in [0.15, 0.2) is 24.3 Å². The zero-order valence-electron chi connectivity index (χ0n) is 14.3. The van der Waals surface area contributed by atoms with Crippen LogP contribution >= 0.6 is 11.3 Å². The van der Waals surface area contributed by atoms with Crippen LogP contribution in [0.2, 0.25) is 0 Å². The molecule has 2 aromatic heterocycles. The smallest absolute Gasteiger partial charge is 0.346 e. The summed E-state index contributed by atoms with van der Waals surface area (Å²) in [4.78, 5) is 21.2. The van der Waals surface area contributed by atoms with Crippen molar-refractivity contribution < 1.29 is 19.4 Å². The Bertz CT molecular complexity index is 1000. The van der Waals surface area contributed by atoms with Crippen LogP contribution in [-0.2, 0) is 0 Å². The average molecular weight is 371 g/mol. The van der Waals surface area contributed by atoms with Crippen LogP contribution in [0.3, 0.4) is 0 Å². The number of nitrogens with one attached hydrogen (secondary N) is 1. The molecule has 0 radical (unpaired) electrons. The minimum Gasteiger partial charge on any atom is -0.486 e. The summed E-state index contributed by atoms with van der Waals surface area (Å²) < 4.78 is 11.7. The van der Waals surface area contributed by atoms with Crippen LogP contribution < -0.4 is 14.8 Å². The Kier molecular flexibility index (Phi) is 4.12. The van der Waals surface area contributed by atoms with Gasteiger partial charge in [-0.15, -0.1) is 11.3 Å². The van der Waals surface area contributed by atoms with Crippen LogP contribution in [-0.4, -0.2) is 40.3 Å². The van der Waals surface area contributed by atoms with E-state index in [9.17, 15) is 9.90 Å². The van der Waals surface area contributed by atoms with E-state index in [0.717, 1.165) is 16.9 Å². The Balaban J connectivity index is 1.59. The molecule has 1 atom stereocenters. The first-order valence-electron chi connectivity index (χ1n) is 8.16. The second-order valence-electron chi connectivity index (χ2n) is 6.04. The van der Waals surface area contributed by atoms with Crippen molar-refractivity contribution in [2.45, 2.75) is 20.0 Å². The molecule has 3 aromatic rings. The molecule has 1 unspecified atom stereocenters. The summed E-state index contributed by atoms with van der Waals surface area (Å²) in [5.41, 5.74) is 0.672. The number of benzene rings is 1. The zero-order chi connectivity index (χ0) is 18.3. The molecule has 3 heterocycles. The van der Waals surface area contributed by atoms with Gasteiger partial charge in [0.25, 0.3) is 0 Å². The van der Waals surface area contributed by atoms with E-state index in [1.807, 2.05) is 24.3 Å². The van der Waals surface area contributed by atoms with Gasteiger partial charge in [0.2, 0.25) is 0 Å². The third-order valence-electron chi connectivity index (χ3n) is 4.16. The maximum atomic E-state index is 11.4. The number of aromatic nitrogens is 2. The number of carboxylic acid groups (broad SMARTS) is 1. The molecule has 8 heteroatoms. The standard InChI is InChI=1S/C18H17N3O4S/c1-9-14-16(20-10(2)21-17(14)26-15(9)18(22)23)19-7-11-8-24-12-5-3-4-6-13(12)25-11/h3-6,11H,7-8H2,1-2H3,(H,22,23)(H,19,20,21). The van der Waals surface area contributed by atoms with E-state index in [1.165, 1.54) is 11.3 Å². The van der Waals surface area contributed by atoms with Crippen LogP contribution in [0.25, 0.3) is 10.2 Å². The highest BCUT2D eigenvalue weighted by Crippen LogP contribution is 2.34. The summed E-state index contributed by atoms with van der Waals surface area (Å²) in [7, 11) is 0. The summed E-state index contributed by atoms with van der Waals surface area (Å²) in [6.45, 7) is 4.48. The second-order valence-corrected chi connectivity index (χ2v) is 7.04. The molecule has 0 saturated carbocycles. The number of para-hydroxylation sites is 2. The monoisotopic (exact) mass is 371 g/mol. The fourth-order valence-electron chi connectivity index (χ4n) is 2.95. The fourth-order valence-corrected chi connectivity index (χ4v) is 4.02.